The molecule has 2 atom stereocenters. The maximum absolute atomic E-state index is 8.86. The predicted octanol–water partition coefficient (Wildman–Crippen LogP) is 2.13. The van der Waals surface area contributed by atoms with E-state index in [-0.39, 0.29) is 0 Å². The Hall–Kier alpha value is -1.53. The number of fused-ring (bicyclic) bond motifs is 2. The first kappa shape index (κ1) is 11.9. The molecule has 3 heteroatoms. The van der Waals surface area contributed by atoms with Crippen LogP contribution in [0.1, 0.15) is 25.8 Å². The normalized spacial score (nSPS) is 25.1. The molecule has 3 rings (SSSR count). The smallest absolute Gasteiger partial charge is 0.0992 e. The standard InChI is InChI=1S/C12H13N3.C2H6/c13-6-9-2-1-3-11(4-9)15-8-10-5-12(15)7-14-10;1-2/h1-4,10,12,14H,5,7-8H2;1-2H3. The SMILES string of the molecule is CC.N#Cc1cccc(N2CC3CC2CN3)c1. The minimum Gasteiger partial charge on any atom is -0.366 e. The molecule has 0 aliphatic carbocycles. The number of piperazine rings is 1. The third kappa shape index (κ3) is 2.27. The van der Waals surface area contributed by atoms with Crippen molar-refractivity contribution in [3.05, 3.63) is 29.8 Å². The van der Waals surface area contributed by atoms with Crippen LogP contribution in [0.4, 0.5) is 5.69 Å². The first-order valence-electron chi connectivity index (χ1n) is 6.37. The topological polar surface area (TPSA) is 39.1 Å². The van der Waals surface area contributed by atoms with Gasteiger partial charge < -0.3 is 10.2 Å². The van der Waals surface area contributed by atoms with Crippen LogP contribution in [0, 0.1) is 11.3 Å². The molecule has 2 unspecified atom stereocenters. The Balaban J connectivity index is 0.000000514. The van der Waals surface area contributed by atoms with E-state index in [1.54, 1.807) is 0 Å². The van der Waals surface area contributed by atoms with Crippen LogP contribution in [0.2, 0.25) is 0 Å². The number of rotatable bonds is 1. The molecular weight excluding hydrogens is 210 g/mol. The summed E-state index contributed by atoms with van der Waals surface area (Å²) in [6, 6.07) is 11.4. The molecule has 0 spiro atoms. The fourth-order valence-electron chi connectivity index (χ4n) is 2.63. The molecule has 2 aliphatic rings. The minimum atomic E-state index is 0.629. The van der Waals surface area contributed by atoms with Gasteiger partial charge in [-0.15, -0.1) is 0 Å². The van der Waals surface area contributed by atoms with Crippen molar-refractivity contribution >= 4 is 5.69 Å². The first-order valence-corrected chi connectivity index (χ1v) is 6.37. The summed E-state index contributed by atoms with van der Waals surface area (Å²) in [6.45, 7) is 6.17. The number of anilines is 1. The largest absolute Gasteiger partial charge is 0.366 e. The highest BCUT2D eigenvalue weighted by Crippen LogP contribution is 2.29. The van der Waals surface area contributed by atoms with Crippen LogP contribution in [0.15, 0.2) is 24.3 Å². The van der Waals surface area contributed by atoms with Crippen LogP contribution in [-0.2, 0) is 0 Å². The van der Waals surface area contributed by atoms with E-state index in [1.807, 2.05) is 32.0 Å². The molecule has 2 heterocycles. The van der Waals surface area contributed by atoms with Gasteiger partial charge in [0, 0.05) is 30.9 Å². The Morgan fingerprint density at radius 2 is 2.24 bits per heavy atom. The Kier molecular flexibility index (Phi) is 3.65. The zero-order chi connectivity index (χ0) is 12.3. The number of benzene rings is 1. The Labute approximate surface area is 103 Å². The molecule has 2 aliphatic heterocycles. The van der Waals surface area contributed by atoms with Crippen molar-refractivity contribution in [1.29, 1.82) is 5.26 Å². The molecule has 2 bridgehead atoms. The van der Waals surface area contributed by atoms with Crippen molar-refractivity contribution in [2.45, 2.75) is 32.4 Å². The number of nitrogens with one attached hydrogen (secondary N) is 1. The van der Waals surface area contributed by atoms with E-state index in [4.69, 9.17) is 5.26 Å². The number of hydrogen-bond acceptors (Lipinski definition) is 3. The summed E-state index contributed by atoms with van der Waals surface area (Å²) in [5.74, 6) is 0. The lowest BCUT2D eigenvalue weighted by Crippen LogP contribution is -2.43. The summed E-state index contributed by atoms with van der Waals surface area (Å²) < 4.78 is 0. The van der Waals surface area contributed by atoms with Crippen molar-refractivity contribution in [1.82, 2.24) is 5.32 Å². The summed E-state index contributed by atoms with van der Waals surface area (Å²) in [4.78, 5) is 2.42. The third-order valence-corrected chi connectivity index (χ3v) is 3.36. The predicted molar refractivity (Wildman–Crippen MR) is 70.0 cm³/mol. The van der Waals surface area contributed by atoms with Gasteiger partial charge in [0.15, 0.2) is 0 Å². The maximum Gasteiger partial charge on any atom is 0.0992 e. The second kappa shape index (κ2) is 5.20. The molecule has 1 aromatic rings. The van der Waals surface area contributed by atoms with Gasteiger partial charge in [-0.1, -0.05) is 19.9 Å². The summed E-state index contributed by atoms with van der Waals surface area (Å²) in [7, 11) is 0. The number of nitriles is 1. The quantitative estimate of drug-likeness (QED) is 0.802. The van der Waals surface area contributed by atoms with E-state index in [0.717, 1.165) is 18.7 Å². The molecule has 0 saturated carbocycles. The molecule has 0 amide bonds. The van der Waals surface area contributed by atoms with Gasteiger partial charge in [0.1, 0.15) is 0 Å². The van der Waals surface area contributed by atoms with Gasteiger partial charge in [0.05, 0.1) is 11.6 Å². The van der Waals surface area contributed by atoms with E-state index in [9.17, 15) is 0 Å². The van der Waals surface area contributed by atoms with Gasteiger partial charge in [-0.2, -0.15) is 5.26 Å². The zero-order valence-corrected chi connectivity index (χ0v) is 10.5. The third-order valence-electron chi connectivity index (χ3n) is 3.36. The summed E-state index contributed by atoms with van der Waals surface area (Å²) in [6.07, 6.45) is 1.25. The molecule has 2 fully saturated rings. The monoisotopic (exact) mass is 229 g/mol. The highest BCUT2D eigenvalue weighted by Gasteiger charge is 2.37. The van der Waals surface area contributed by atoms with Crippen molar-refractivity contribution in [3.8, 4) is 6.07 Å². The van der Waals surface area contributed by atoms with Crippen molar-refractivity contribution < 1.29 is 0 Å². The van der Waals surface area contributed by atoms with Crippen LogP contribution in [0.25, 0.3) is 0 Å². The van der Waals surface area contributed by atoms with Gasteiger partial charge in [0.2, 0.25) is 0 Å². The average Bonchev–Trinajstić information content (AvgIpc) is 3.03. The highest BCUT2D eigenvalue weighted by atomic mass is 15.3. The molecule has 1 N–H and O–H groups in total. The number of hydrogen-bond donors (Lipinski definition) is 1. The lowest BCUT2D eigenvalue weighted by Gasteiger charge is -2.29. The average molecular weight is 229 g/mol. The molecular formula is C14H19N3. The molecule has 0 aromatic heterocycles. The van der Waals surface area contributed by atoms with E-state index in [1.165, 1.54) is 12.1 Å². The summed E-state index contributed by atoms with van der Waals surface area (Å²) >= 11 is 0. The molecule has 2 saturated heterocycles. The first-order chi connectivity index (χ1) is 8.36. The maximum atomic E-state index is 8.86. The van der Waals surface area contributed by atoms with Gasteiger partial charge in [-0.05, 0) is 24.6 Å². The lowest BCUT2D eigenvalue weighted by molar-refractivity contribution is 0.580. The van der Waals surface area contributed by atoms with Crippen LogP contribution >= 0.6 is 0 Å². The van der Waals surface area contributed by atoms with Crippen molar-refractivity contribution in [3.63, 3.8) is 0 Å². The second-order valence-electron chi connectivity index (χ2n) is 4.31. The van der Waals surface area contributed by atoms with E-state index in [2.05, 4.69) is 22.4 Å². The zero-order valence-electron chi connectivity index (χ0n) is 10.5. The second-order valence-corrected chi connectivity index (χ2v) is 4.31. The highest BCUT2D eigenvalue weighted by molar-refractivity contribution is 5.54. The Morgan fingerprint density at radius 3 is 2.82 bits per heavy atom. The fraction of sp³-hybridized carbons (Fsp3) is 0.500. The van der Waals surface area contributed by atoms with Gasteiger partial charge in [0.25, 0.3) is 0 Å². The lowest BCUT2D eigenvalue weighted by atomic mass is 10.2. The molecule has 90 valence electrons. The number of nitrogens with zero attached hydrogens (tertiary/aromatic N) is 2. The van der Waals surface area contributed by atoms with Gasteiger partial charge >= 0.3 is 0 Å². The van der Waals surface area contributed by atoms with Gasteiger partial charge in [-0.25, -0.2) is 0 Å². The molecule has 17 heavy (non-hydrogen) atoms. The molecule has 0 radical (unpaired) electrons. The summed E-state index contributed by atoms with van der Waals surface area (Å²) in [5, 5.41) is 12.3. The minimum absolute atomic E-state index is 0.629. The van der Waals surface area contributed by atoms with Crippen molar-refractivity contribution in [2.24, 2.45) is 0 Å². The van der Waals surface area contributed by atoms with Crippen LogP contribution in [-0.4, -0.2) is 25.2 Å². The van der Waals surface area contributed by atoms with Crippen LogP contribution in [0.5, 0.6) is 0 Å². The van der Waals surface area contributed by atoms with Crippen LogP contribution in [0.3, 0.4) is 0 Å². The van der Waals surface area contributed by atoms with Crippen LogP contribution < -0.4 is 10.2 Å². The van der Waals surface area contributed by atoms with Gasteiger partial charge in [-0.3, -0.25) is 0 Å². The fourth-order valence-corrected chi connectivity index (χ4v) is 2.63. The molecule has 3 nitrogen and oxygen atoms in total. The van der Waals surface area contributed by atoms with E-state index < -0.39 is 0 Å². The Morgan fingerprint density at radius 1 is 1.41 bits per heavy atom. The van der Waals surface area contributed by atoms with E-state index >= 15 is 0 Å². The molecule has 1 aromatic carbocycles. The van der Waals surface area contributed by atoms with Crippen molar-refractivity contribution in [2.75, 3.05) is 18.0 Å². The Bertz CT molecular complexity index is 422. The summed E-state index contributed by atoms with van der Waals surface area (Å²) in [5.41, 5.74) is 1.95. The van der Waals surface area contributed by atoms with E-state index in [0.29, 0.717) is 12.1 Å².